The minimum Gasteiger partial charge on any atom is -0.370 e. The summed E-state index contributed by atoms with van der Waals surface area (Å²) in [6.45, 7) is 5.52. The molecular weight excluding hydrogens is 198 g/mol. The molecule has 0 aliphatic heterocycles. The number of aryl methyl sites for hydroxylation is 1. The van der Waals surface area contributed by atoms with Gasteiger partial charge in [0.05, 0.1) is 0 Å². The van der Waals surface area contributed by atoms with Crippen LogP contribution in [0.1, 0.15) is 38.8 Å². The molecule has 1 aliphatic rings. The maximum Gasteiger partial charge on any atom is 0.129 e. The Kier molecular flexibility index (Phi) is 3.75. The molecule has 0 spiro atoms. The lowest BCUT2D eigenvalue weighted by molar-refractivity contribution is 0.536. The van der Waals surface area contributed by atoms with E-state index in [0.717, 1.165) is 42.7 Å². The highest BCUT2D eigenvalue weighted by atomic mass is 15.0. The predicted octanol–water partition coefficient (Wildman–Crippen LogP) is 2.89. The SMILES string of the molecule is CCCc1cc(NCC(C)C2CC2)ncn1. The van der Waals surface area contributed by atoms with Gasteiger partial charge in [0.1, 0.15) is 12.1 Å². The Morgan fingerprint density at radius 3 is 2.94 bits per heavy atom. The van der Waals surface area contributed by atoms with Crippen molar-refractivity contribution in [2.45, 2.75) is 39.5 Å². The maximum atomic E-state index is 4.25. The highest BCUT2D eigenvalue weighted by Crippen LogP contribution is 2.36. The highest BCUT2D eigenvalue weighted by Gasteiger charge is 2.27. The standard InChI is InChI=1S/C13H21N3/c1-3-4-12-7-13(16-9-15-12)14-8-10(2)11-5-6-11/h7,9-11H,3-6,8H2,1-2H3,(H,14,15,16). The van der Waals surface area contributed by atoms with E-state index in [2.05, 4.69) is 35.2 Å². The van der Waals surface area contributed by atoms with E-state index in [1.54, 1.807) is 6.33 Å². The Bertz CT molecular complexity index is 334. The van der Waals surface area contributed by atoms with Gasteiger partial charge in [-0.2, -0.15) is 0 Å². The van der Waals surface area contributed by atoms with E-state index < -0.39 is 0 Å². The lowest BCUT2D eigenvalue weighted by atomic mass is 10.1. The second kappa shape index (κ2) is 5.28. The van der Waals surface area contributed by atoms with E-state index in [1.807, 2.05) is 0 Å². The number of nitrogens with one attached hydrogen (secondary N) is 1. The zero-order valence-corrected chi connectivity index (χ0v) is 10.2. The minimum atomic E-state index is 0.768. The number of hydrogen-bond donors (Lipinski definition) is 1. The molecule has 1 N–H and O–H groups in total. The molecule has 2 rings (SSSR count). The lowest BCUT2D eigenvalue weighted by Gasteiger charge is -2.12. The van der Waals surface area contributed by atoms with E-state index in [-0.39, 0.29) is 0 Å². The summed E-state index contributed by atoms with van der Waals surface area (Å²) < 4.78 is 0. The van der Waals surface area contributed by atoms with Gasteiger partial charge < -0.3 is 5.32 Å². The molecule has 0 radical (unpaired) electrons. The number of nitrogens with zero attached hydrogens (tertiary/aromatic N) is 2. The maximum absolute atomic E-state index is 4.25. The van der Waals surface area contributed by atoms with E-state index >= 15 is 0 Å². The number of aromatic nitrogens is 2. The zero-order chi connectivity index (χ0) is 11.4. The summed E-state index contributed by atoms with van der Waals surface area (Å²) in [5.41, 5.74) is 1.14. The Labute approximate surface area is 97.7 Å². The summed E-state index contributed by atoms with van der Waals surface area (Å²) in [6.07, 6.45) is 6.65. The number of rotatable bonds is 6. The molecule has 88 valence electrons. The average molecular weight is 219 g/mol. The van der Waals surface area contributed by atoms with Crippen molar-refractivity contribution in [2.24, 2.45) is 11.8 Å². The van der Waals surface area contributed by atoms with Crippen LogP contribution in [-0.2, 0) is 6.42 Å². The van der Waals surface area contributed by atoms with Crippen LogP contribution in [0, 0.1) is 11.8 Å². The Morgan fingerprint density at radius 2 is 2.25 bits per heavy atom. The van der Waals surface area contributed by atoms with Gasteiger partial charge in [-0.1, -0.05) is 20.3 Å². The first-order valence-corrected chi connectivity index (χ1v) is 6.34. The molecule has 1 unspecified atom stereocenters. The van der Waals surface area contributed by atoms with Crippen molar-refractivity contribution in [3.63, 3.8) is 0 Å². The van der Waals surface area contributed by atoms with Gasteiger partial charge in [0, 0.05) is 18.3 Å². The Hall–Kier alpha value is -1.12. The van der Waals surface area contributed by atoms with Crippen LogP contribution >= 0.6 is 0 Å². The van der Waals surface area contributed by atoms with Crippen LogP contribution in [0.15, 0.2) is 12.4 Å². The van der Waals surface area contributed by atoms with Gasteiger partial charge in [-0.3, -0.25) is 0 Å². The third kappa shape index (κ3) is 3.19. The Morgan fingerprint density at radius 1 is 1.44 bits per heavy atom. The van der Waals surface area contributed by atoms with Gasteiger partial charge in [0.2, 0.25) is 0 Å². The second-order valence-electron chi connectivity index (χ2n) is 4.84. The Balaban J connectivity index is 1.85. The quantitative estimate of drug-likeness (QED) is 0.799. The summed E-state index contributed by atoms with van der Waals surface area (Å²) in [5, 5.41) is 3.41. The minimum absolute atomic E-state index is 0.768. The van der Waals surface area contributed by atoms with Crippen LogP contribution in [0.3, 0.4) is 0 Å². The molecule has 1 saturated carbocycles. The molecule has 3 heteroatoms. The smallest absolute Gasteiger partial charge is 0.129 e. The molecule has 3 nitrogen and oxygen atoms in total. The van der Waals surface area contributed by atoms with Crippen molar-refractivity contribution < 1.29 is 0 Å². The molecule has 0 bridgehead atoms. The van der Waals surface area contributed by atoms with Crippen LogP contribution in [0.4, 0.5) is 5.82 Å². The van der Waals surface area contributed by atoms with Gasteiger partial charge >= 0.3 is 0 Å². The lowest BCUT2D eigenvalue weighted by Crippen LogP contribution is -2.14. The molecular formula is C13H21N3. The van der Waals surface area contributed by atoms with Gasteiger partial charge in [-0.15, -0.1) is 0 Å². The first-order valence-electron chi connectivity index (χ1n) is 6.34. The van der Waals surface area contributed by atoms with E-state index in [9.17, 15) is 0 Å². The van der Waals surface area contributed by atoms with Crippen LogP contribution < -0.4 is 5.32 Å². The predicted molar refractivity (Wildman–Crippen MR) is 66.4 cm³/mol. The largest absolute Gasteiger partial charge is 0.370 e. The van der Waals surface area contributed by atoms with Crippen molar-refractivity contribution in [2.75, 3.05) is 11.9 Å². The van der Waals surface area contributed by atoms with Gasteiger partial charge in [-0.05, 0) is 31.1 Å². The van der Waals surface area contributed by atoms with Crippen molar-refractivity contribution in [1.29, 1.82) is 0 Å². The fourth-order valence-electron chi connectivity index (χ4n) is 1.98. The molecule has 1 aromatic heterocycles. The molecule has 0 amide bonds. The summed E-state index contributed by atoms with van der Waals surface area (Å²) in [7, 11) is 0. The van der Waals surface area contributed by atoms with E-state index in [1.165, 1.54) is 12.8 Å². The van der Waals surface area contributed by atoms with Crippen molar-refractivity contribution in [3.05, 3.63) is 18.1 Å². The van der Waals surface area contributed by atoms with Gasteiger partial charge in [-0.25, -0.2) is 9.97 Å². The fraction of sp³-hybridized carbons (Fsp3) is 0.692. The molecule has 16 heavy (non-hydrogen) atoms. The summed E-state index contributed by atoms with van der Waals surface area (Å²) >= 11 is 0. The third-order valence-electron chi connectivity index (χ3n) is 3.26. The van der Waals surface area contributed by atoms with Gasteiger partial charge in [0.25, 0.3) is 0 Å². The van der Waals surface area contributed by atoms with E-state index in [0.29, 0.717) is 0 Å². The first kappa shape index (κ1) is 11.4. The molecule has 0 aromatic carbocycles. The summed E-state index contributed by atoms with van der Waals surface area (Å²) in [4.78, 5) is 8.50. The van der Waals surface area contributed by atoms with Crippen LogP contribution in [0.2, 0.25) is 0 Å². The number of anilines is 1. The zero-order valence-electron chi connectivity index (χ0n) is 10.2. The third-order valence-corrected chi connectivity index (χ3v) is 3.26. The summed E-state index contributed by atoms with van der Waals surface area (Å²) in [6, 6.07) is 2.07. The highest BCUT2D eigenvalue weighted by molar-refractivity contribution is 5.34. The van der Waals surface area contributed by atoms with Gasteiger partial charge in [0.15, 0.2) is 0 Å². The van der Waals surface area contributed by atoms with Crippen molar-refractivity contribution >= 4 is 5.82 Å². The molecule has 0 saturated heterocycles. The first-order chi connectivity index (χ1) is 7.79. The van der Waals surface area contributed by atoms with E-state index in [4.69, 9.17) is 0 Å². The molecule has 1 aromatic rings. The number of hydrogen-bond acceptors (Lipinski definition) is 3. The van der Waals surface area contributed by atoms with Crippen LogP contribution in [0.5, 0.6) is 0 Å². The van der Waals surface area contributed by atoms with Crippen LogP contribution in [-0.4, -0.2) is 16.5 Å². The normalized spacial score (nSPS) is 17.1. The second-order valence-corrected chi connectivity index (χ2v) is 4.84. The topological polar surface area (TPSA) is 37.8 Å². The fourth-order valence-corrected chi connectivity index (χ4v) is 1.98. The molecule has 1 fully saturated rings. The molecule has 1 heterocycles. The average Bonchev–Trinajstić information content (AvgIpc) is 3.11. The molecule has 1 aliphatic carbocycles. The summed E-state index contributed by atoms with van der Waals surface area (Å²) in [5.74, 6) is 2.69. The van der Waals surface area contributed by atoms with Crippen molar-refractivity contribution in [1.82, 2.24) is 9.97 Å². The monoisotopic (exact) mass is 219 g/mol. The van der Waals surface area contributed by atoms with Crippen molar-refractivity contribution in [3.8, 4) is 0 Å². The molecule has 1 atom stereocenters. The van der Waals surface area contributed by atoms with Crippen LogP contribution in [0.25, 0.3) is 0 Å².